The Balaban J connectivity index is 2.53. The lowest BCUT2D eigenvalue weighted by Gasteiger charge is -2.07. The first-order valence-corrected chi connectivity index (χ1v) is 5.90. The van der Waals surface area contributed by atoms with Crippen molar-refractivity contribution in [3.63, 3.8) is 0 Å². The molecule has 2 rings (SSSR count). The number of halogens is 4. The van der Waals surface area contributed by atoms with E-state index in [0.717, 1.165) is 6.07 Å². The van der Waals surface area contributed by atoms with Crippen molar-refractivity contribution < 1.29 is 13.6 Å². The Bertz CT molecular complexity index is 651. The zero-order chi connectivity index (χ0) is 14.2. The number of rotatable bonds is 2. The molecule has 2 aromatic carbocycles. The molecule has 0 amide bonds. The van der Waals surface area contributed by atoms with Crippen molar-refractivity contribution in [2.24, 2.45) is 0 Å². The summed E-state index contributed by atoms with van der Waals surface area (Å²) in [6.07, 6.45) is 0. The molecule has 2 aromatic rings. The lowest BCUT2D eigenvalue weighted by molar-refractivity contribution is 0.103. The van der Waals surface area contributed by atoms with Crippen LogP contribution in [-0.4, -0.2) is 5.78 Å². The van der Waals surface area contributed by atoms with Crippen molar-refractivity contribution >= 4 is 34.7 Å². The molecule has 0 saturated carbocycles. The van der Waals surface area contributed by atoms with E-state index in [2.05, 4.69) is 0 Å². The lowest BCUT2D eigenvalue weighted by atomic mass is 10.0. The minimum Gasteiger partial charge on any atom is -0.396 e. The van der Waals surface area contributed by atoms with Crippen LogP contribution in [0, 0.1) is 11.6 Å². The first kappa shape index (κ1) is 13.8. The summed E-state index contributed by atoms with van der Waals surface area (Å²) in [5, 5.41) is 0.153. The van der Waals surface area contributed by atoms with Crippen LogP contribution in [0.25, 0.3) is 0 Å². The van der Waals surface area contributed by atoms with Gasteiger partial charge in [0.15, 0.2) is 17.4 Å². The van der Waals surface area contributed by atoms with Crippen molar-refractivity contribution in [1.82, 2.24) is 0 Å². The monoisotopic (exact) mass is 301 g/mol. The van der Waals surface area contributed by atoms with Crippen molar-refractivity contribution in [3.05, 3.63) is 63.1 Å². The third-order valence-corrected chi connectivity index (χ3v) is 3.16. The number of nitrogens with two attached hydrogens (primary N) is 1. The fourth-order valence-electron chi connectivity index (χ4n) is 1.55. The highest BCUT2D eigenvalue weighted by molar-refractivity contribution is 6.39. The molecule has 0 aromatic heterocycles. The molecule has 98 valence electrons. The Morgan fingerprint density at radius 1 is 1.11 bits per heavy atom. The molecule has 0 aliphatic heterocycles. The molecule has 0 heterocycles. The van der Waals surface area contributed by atoms with E-state index in [0.29, 0.717) is 0 Å². The molecule has 0 aliphatic carbocycles. The summed E-state index contributed by atoms with van der Waals surface area (Å²) in [6.45, 7) is 0. The Morgan fingerprint density at radius 3 is 2.26 bits per heavy atom. The van der Waals surface area contributed by atoms with Gasteiger partial charge in [0.1, 0.15) is 0 Å². The molecule has 0 fully saturated rings. The van der Waals surface area contributed by atoms with Gasteiger partial charge in [-0.05, 0) is 24.3 Å². The van der Waals surface area contributed by atoms with E-state index in [1.165, 1.54) is 24.3 Å². The maximum atomic E-state index is 13.5. The Labute approximate surface area is 117 Å². The maximum Gasteiger partial charge on any atom is 0.196 e. The first-order valence-electron chi connectivity index (χ1n) is 5.15. The van der Waals surface area contributed by atoms with E-state index in [-0.39, 0.29) is 21.3 Å². The van der Waals surface area contributed by atoms with Crippen molar-refractivity contribution in [1.29, 1.82) is 0 Å². The van der Waals surface area contributed by atoms with Crippen molar-refractivity contribution in [3.8, 4) is 0 Å². The molecule has 19 heavy (non-hydrogen) atoms. The van der Waals surface area contributed by atoms with Crippen LogP contribution >= 0.6 is 23.2 Å². The molecule has 0 saturated heterocycles. The quantitative estimate of drug-likeness (QED) is 0.671. The third kappa shape index (κ3) is 2.55. The molecule has 2 nitrogen and oxygen atoms in total. The van der Waals surface area contributed by atoms with E-state index < -0.39 is 23.0 Å². The van der Waals surface area contributed by atoms with Gasteiger partial charge in [0.05, 0.1) is 21.3 Å². The van der Waals surface area contributed by atoms with Crippen LogP contribution in [-0.2, 0) is 0 Å². The number of nitrogen functional groups attached to an aromatic ring is 1. The summed E-state index contributed by atoms with van der Waals surface area (Å²) in [7, 11) is 0. The number of hydrogen-bond acceptors (Lipinski definition) is 2. The summed E-state index contributed by atoms with van der Waals surface area (Å²) in [5.41, 5.74) is 5.30. The molecule has 0 radical (unpaired) electrons. The molecular formula is C13H7Cl2F2NO. The van der Waals surface area contributed by atoms with Gasteiger partial charge in [-0.15, -0.1) is 0 Å². The van der Waals surface area contributed by atoms with Gasteiger partial charge in [-0.2, -0.15) is 0 Å². The zero-order valence-electron chi connectivity index (χ0n) is 9.38. The topological polar surface area (TPSA) is 43.1 Å². The second kappa shape index (κ2) is 5.15. The number of hydrogen-bond donors (Lipinski definition) is 1. The summed E-state index contributed by atoms with van der Waals surface area (Å²) in [6, 6.07) is 5.87. The number of ketones is 1. The third-order valence-electron chi connectivity index (χ3n) is 2.54. The predicted octanol–water partition coefficient (Wildman–Crippen LogP) is 4.08. The van der Waals surface area contributed by atoms with Crippen LogP contribution in [0.4, 0.5) is 14.5 Å². The number of anilines is 1. The van der Waals surface area contributed by atoms with Gasteiger partial charge in [0.25, 0.3) is 0 Å². The van der Waals surface area contributed by atoms with Gasteiger partial charge in [-0.3, -0.25) is 4.79 Å². The van der Waals surface area contributed by atoms with Gasteiger partial charge in [0, 0.05) is 5.56 Å². The second-order valence-corrected chi connectivity index (χ2v) is 4.60. The number of carbonyl (C=O) groups excluding carboxylic acids is 1. The molecular weight excluding hydrogens is 295 g/mol. The summed E-state index contributed by atoms with van der Waals surface area (Å²) >= 11 is 11.6. The fraction of sp³-hybridized carbons (Fsp3) is 0. The van der Waals surface area contributed by atoms with Crippen LogP contribution in [0.5, 0.6) is 0 Å². The maximum absolute atomic E-state index is 13.5. The summed E-state index contributed by atoms with van der Waals surface area (Å²) < 4.78 is 26.6. The Kier molecular flexibility index (Phi) is 3.73. The molecule has 6 heteroatoms. The summed E-state index contributed by atoms with van der Waals surface area (Å²) in [4.78, 5) is 12.1. The Morgan fingerprint density at radius 2 is 1.68 bits per heavy atom. The summed E-state index contributed by atoms with van der Waals surface area (Å²) in [5.74, 6) is -3.03. The molecule has 0 spiro atoms. The highest BCUT2D eigenvalue weighted by atomic mass is 35.5. The lowest BCUT2D eigenvalue weighted by Crippen LogP contribution is -2.06. The first-order chi connectivity index (χ1) is 8.91. The Hall–Kier alpha value is -1.65. The van der Waals surface area contributed by atoms with Crippen molar-refractivity contribution in [2.45, 2.75) is 0 Å². The van der Waals surface area contributed by atoms with Crippen LogP contribution in [0.1, 0.15) is 15.9 Å². The van der Waals surface area contributed by atoms with Crippen LogP contribution in [0.15, 0.2) is 30.3 Å². The second-order valence-electron chi connectivity index (χ2n) is 3.78. The molecule has 0 unspecified atom stereocenters. The fourth-order valence-corrected chi connectivity index (χ4v) is 2.04. The normalized spacial score (nSPS) is 10.5. The van der Waals surface area contributed by atoms with Gasteiger partial charge in [-0.25, -0.2) is 8.78 Å². The molecule has 2 N–H and O–H groups in total. The van der Waals surface area contributed by atoms with Crippen LogP contribution < -0.4 is 5.73 Å². The minimum atomic E-state index is -1.21. The SMILES string of the molecule is Nc1c(Cl)cc(C(=O)c2cccc(F)c2F)cc1Cl. The molecule has 0 bridgehead atoms. The van der Waals surface area contributed by atoms with Crippen LogP contribution in [0.3, 0.4) is 0 Å². The average Bonchev–Trinajstić information content (AvgIpc) is 2.38. The number of benzene rings is 2. The highest BCUT2D eigenvalue weighted by Gasteiger charge is 2.18. The zero-order valence-corrected chi connectivity index (χ0v) is 10.9. The van der Waals surface area contributed by atoms with E-state index >= 15 is 0 Å². The van der Waals surface area contributed by atoms with E-state index in [1.807, 2.05) is 0 Å². The van der Waals surface area contributed by atoms with Gasteiger partial charge < -0.3 is 5.73 Å². The largest absolute Gasteiger partial charge is 0.396 e. The standard InChI is InChI=1S/C13H7Cl2F2NO/c14-8-4-6(5-9(15)12(8)18)13(19)7-2-1-3-10(16)11(7)17/h1-5H,18H2. The van der Waals surface area contributed by atoms with Gasteiger partial charge >= 0.3 is 0 Å². The van der Waals surface area contributed by atoms with E-state index in [9.17, 15) is 13.6 Å². The highest BCUT2D eigenvalue weighted by Crippen LogP contribution is 2.30. The smallest absolute Gasteiger partial charge is 0.196 e. The predicted molar refractivity (Wildman–Crippen MR) is 70.7 cm³/mol. The van der Waals surface area contributed by atoms with E-state index in [4.69, 9.17) is 28.9 Å². The minimum absolute atomic E-state index is 0.0358. The van der Waals surface area contributed by atoms with Gasteiger partial charge in [0.2, 0.25) is 0 Å². The van der Waals surface area contributed by atoms with E-state index in [1.54, 1.807) is 0 Å². The molecule has 0 atom stereocenters. The van der Waals surface area contributed by atoms with Gasteiger partial charge in [-0.1, -0.05) is 29.3 Å². The number of carbonyl (C=O) groups is 1. The average molecular weight is 302 g/mol. The van der Waals surface area contributed by atoms with Crippen molar-refractivity contribution in [2.75, 3.05) is 5.73 Å². The van der Waals surface area contributed by atoms with Crippen LogP contribution in [0.2, 0.25) is 10.0 Å². The molecule has 0 aliphatic rings.